The van der Waals surface area contributed by atoms with Gasteiger partial charge >= 0.3 is 5.91 Å². The number of carbonyl (C=O) groups excluding carboxylic acids is 3. The second-order valence-corrected chi connectivity index (χ2v) is 10.0. The number of thioether (sulfide) groups is 1. The maximum absolute atomic E-state index is 12.8. The lowest BCUT2D eigenvalue weighted by molar-refractivity contribution is -0.141. The fraction of sp³-hybridized carbons (Fsp3) is 0.800. The molecular formula is C20H34N4O3S. The standard InChI is InChI=1S/C20H34N4O3S/c1-20(2,3)13-15(21-17(26)14-9-7-5-6-8-10-14)16(25)18(27)22-23-19-24(4)11-12-28-19/h14-15H,5-13H2,1-4H3,(H,21,26)(H,22,27)/b23-19+. The molecule has 8 heteroatoms. The topological polar surface area (TPSA) is 90.9 Å². The fourth-order valence-electron chi connectivity index (χ4n) is 3.56. The van der Waals surface area contributed by atoms with Gasteiger partial charge in [0.05, 0.1) is 6.04 Å². The molecule has 158 valence electrons. The molecule has 1 aliphatic heterocycles. The van der Waals surface area contributed by atoms with Gasteiger partial charge in [-0.05, 0) is 24.7 Å². The van der Waals surface area contributed by atoms with E-state index < -0.39 is 17.7 Å². The lowest BCUT2D eigenvalue weighted by atomic mass is 9.86. The van der Waals surface area contributed by atoms with E-state index in [0.717, 1.165) is 50.8 Å². The number of carbonyl (C=O) groups is 3. The number of rotatable bonds is 6. The molecule has 1 aliphatic carbocycles. The Morgan fingerprint density at radius 2 is 1.82 bits per heavy atom. The zero-order valence-electron chi connectivity index (χ0n) is 17.5. The number of Topliss-reactive ketones (excluding diaryl/α,β-unsaturated/α-hetero) is 1. The second-order valence-electron chi connectivity index (χ2n) is 8.98. The van der Waals surface area contributed by atoms with Crippen molar-refractivity contribution in [2.24, 2.45) is 16.4 Å². The summed E-state index contributed by atoms with van der Waals surface area (Å²) in [6.45, 7) is 6.84. The lowest BCUT2D eigenvalue weighted by Gasteiger charge is -2.27. The Balaban J connectivity index is 2.02. The first kappa shape index (κ1) is 22.7. The average molecular weight is 411 g/mol. The van der Waals surface area contributed by atoms with E-state index in [2.05, 4.69) is 15.8 Å². The van der Waals surface area contributed by atoms with Gasteiger partial charge < -0.3 is 10.2 Å². The van der Waals surface area contributed by atoms with Crippen molar-refractivity contribution in [3.63, 3.8) is 0 Å². The highest BCUT2D eigenvalue weighted by Crippen LogP contribution is 2.25. The minimum atomic E-state index is -0.829. The molecule has 0 aromatic carbocycles. The van der Waals surface area contributed by atoms with E-state index in [9.17, 15) is 14.4 Å². The molecule has 1 atom stereocenters. The highest BCUT2D eigenvalue weighted by Gasteiger charge is 2.33. The van der Waals surface area contributed by atoms with Crippen LogP contribution in [0.3, 0.4) is 0 Å². The second kappa shape index (κ2) is 10.3. The van der Waals surface area contributed by atoms with E-state index in [1.165, 1.54) is 11.8 Å². The first-order valence-corrected chi connectivity index (χ1v) is 11.2. The summed E-state index contributed by atoms with van der Waals surface area (Å²) in [5.74, 6) is -0.668. The minimum absolute atomic E-state index is 0.0652. The summed E-state index contributed by atoms with van der Waals surface area (Å²) in [6.07, 6.45) is 6.51. The van der Waals surface area contributed by atoms with Crippen LogP contribution in [0.15, 0.2) is 5.10 Å². The van der Waals surface area contributed by atoms with Crippen molar-refractivity contribution in [2.45, 2.75) is 71.8 Å². The number of amides is 2. The molecule has 2 aliphatic rings. The van der Waals surface area contributed by atoms with Gasteiger partial charge in [0.25, 0.3) is 0 Å². The molecule has 1 saturated carbocycles. The Labute approximate surface area is 172 Å². The van der Waals surface area contributed by atoms with Gasteiger partial charge in [-0.15, -0.1) is 5.10 Å². The first-order chi connectivity index (χ1) is 13.2. The summed E-state index contributed by atoms with van der Waals surface area (Å²) in [5, 5.41) is 7.62. The maximum Gasteiger partial charge on any atom is 0.309 e. The van der Waals surface area contributed by atoms with E-state index in [1.807, 2.05) is 32.7 Å². The molecule has 0 aromatic rings. The van der Waals surface area contributed by atoms with E-state index in [-0.39, 0.29) is 17.2 Å². The number of hydrogen-bond acceptors (Lipinski definition) is 5. The molecule has 2 fully saturated rings. The van der Waals surface area contributed by atoms with E-state index in [4.69, 9.17) is 0 Å². The van der Waals surface area contributed by atoms with Crippen LogP contribution in [-0.4, -0.2) is 53.1 Å². The van der Waals surface area contributed by atoms with Crippen LogP contribution >= 0.6 is 11.8 Å². The lowest BCUT2D eigenvalue weighted by Crippen LogP contribution is -2.50. The molecule has 2 N–H and O–H groups in total. The molecule has 7 nitrogen and oxygen atoms in total. The summed E-state index contributed by atoms with van der Waals surface area (Å²) in [4.78, 5) is 39.9. The Hall–Kier alpha value is -1.57. The molecule has 0 radical (unpaired) electrons. The van der Waals surface area contributed by atoms with Crippen molar-refractivity contribution < 1.29 is 14.4 Å². The van der Waals surface area contributed by atoms with Crippen molar-refractivity contribution >= 4 is 34.5 Å². The average Bonchev–Trinajstić information content (AvgIpc) is 2.85. The van der Waals surface area contributed by atoms with Crippen molar-refractivity contribution in [3.05, 3.63) is 0 Å². The van der Waals surface area contributed by atoms with Crippen LogP contribution in [0.2, 0.25) is 0 Å². The van der Waals surface area contributed by atoms with Gasteiger partial charge in [0.15, 0.2) is 5.17 Å². The third-order valence-electron chi connectivity index (χ3n) is 5.14. The predicted octanol–water partition coefficient (Wildman–Crippen LogP) is 2.51. The number of ketones is 1. The zero-order valence-corrected chi connectivity index (χ0v) is 18.4. The van der Waals surface area contributed by atoms with Crippen molar-refractivity contribution in [3.8, 4) is 0 Å². The molecule has 2 rings (SSSR count). The van der Waals surface area contributed by atoms with Crippen LogP contribution < -0.4 is 10.7 Å². The van der Waals surface area contributed by atoms with Crippen LogP contribution in [0, 0.1) is 11.3 Å². The Bertz CT molecular complexity index is 607. The number of amidine groups is 1. The van der Waals surface area contributed by atoms with Gasteiger partial charge in [-0.1, -0.05) is 58.2 Å². The van der Waals surface area contributed by atoms with Gasteiger partial charge in [-0.2, -0.15) is 0 Å². The normalized spacial score (nSPS) is 21.3. The van der Waals surface area contributed by atoms with Gasteiger partial charge in [-0.3, -0.25) is 14.4 Å². The quantitative estimate of drug-likeness (QED) is 0.399. The van der Waals surface area contributed by atoms with Gasteiger partial charge in [0.1, 0.15) is 0 Å². The number of nitrogens with zero attached hydrogens (tertiary/aromatic N) is 2. The Morgan fingerprint density at radius 3 is 2.36 bits per heavy atom. The van der Waals surface area contributed by atoms with Crippen molar-refractivity contribution in [1.82, 2.24) is 15.6 Å². The molecule has 1 unspecified atom stereocenters. The SMILES string of the molecule is CN1CCS/C1=N/NC(=O)C(=O)C(CC(C)(C)C)NC(=O)C1CCCCCC1. The van der Waals surface area contributed by atoms with Gasteiger partial charge in [0.2, 0.25) is 11.7 Å². The van der Waals surface area contributed by atoms with E-state index >= 15 is 0 Å². The van der Waals surface area contributed by atoms with E-state index in [0.29, 0.717) is 11.6 Å². The fourth-order valence-corrected chi connectivity index (χ4v) is 4.53. The van der Waals surface area contributed by atoms with Crippen LogP contribution in [0.25, 0.3) is 0 Å². The Kier molecular flexibility index (Phi) is 8.34. The highest BCUT2D eigenvalue weighted by atomic mass is 32.2. The molecule has 0 bridgehead atoms. The molecular weight excluding hydrogens is 376 g/mol. The van der Waals surface area contributed by atoms with Crippen molar-refractivity contribution in [1.29, 1.82) is 0 Å². The number of nitrogens with one attached hydrogen (secondary N) is 2. The third kappa shape index (κ3) is 7.11. The van der Waals surface area contributed by atoms with Crippen LogP contribution in [0.4, 0.5) is 0 Å². The molecule has 0 spiro atoms. The minimum Gasteiger partial charge on any atom is -0.352 e. The summed E-state index contributed by atoms with van der Waals surface area (Å²) >= 11 is 1.53. The zero-order chi connectivity index (χ0) is 20.7. The molecule has 28 heavy (non-hydrogen) atoms. The molecule has 2 amide bonds. The smallest absolute Gasteiger partial charge is 0.309 e. The van der Waals surface area contributed by atoms with Crippen LogP contribution in [0.1, 0.15) is 65.7 Å². The largest absolute Gasteiger partial charge is 0.352 e. The van der Waals surface area contributed by atoms with Gasteiger partial charge in [0, 0.05) is 25.3 Å². The monoisotopic (exact) mass is 410 g/mol. The molecule has 1 saturated heterocycles. The summed E-state index contributed by atoms with van der Waals surface area (Å²) in [7, 11) is 1.89. The van der Waals surface area contributed by atoms with E-state index in [1.54, 1.807) is 0 Å². The van der Waals surface area contributed by atoms with Crippen molar-refractivity contribution in [2.75, 3.05) is 19.3 Å². The Morgan fingerprint density at radius 1 is 1.18 bits per heavy atom. The number of hydrogen-bond donors (Lipinski definition) is 2. The molecule has 0 aromatic heterocycles. The molecule has 1 heterocycles. The van der Waals surface area contributed by atoms with Crippen LogP contribution in [-0.2, 0) is 14.4 Å². The highest BCUT2D eigenvalue weighted by molar-refractivity contribution is 8.14. The maximum atomic E-state index is 12.8. The third-order valence-corrected chi connectivity index (χ3v) is 6.18. The summed E-state index contributed by atoms with van der Waals surface area (Å²) < 4.78 is 0. The van der Waals surface area contributed by atoms with Crippen LogP contribution in [0.5, 0.6) is 0 Å². The first-order valence-electron chi connectivity index (χ1n) is 10.2. The van der Waals surface area contributed by atoms with Gasteiger partial charge in [-0.25, -0.2) is 5.43 Å². The summed E-state index contributed by atoms with van der Waals surface area (Å²) in [6, 6.07) is -0.829. The predicted molar refractivity (Wildman–Crippen MR) is 113 cm³/mol. The number of hydrazone groups is 1. The summed E-state index contributed by atoms with van der Waals surface area (Å²) in [5.41, 5.74) is 2.17.